The van der Waals surface area contributed by atoms with Crippen LogP contribution < -0.4 is 5.32 Å². The van der Waals surface area contributed by atoms with E-state index in [9.17, 15) is 22.8 Å². The van der Waals surface area contributed by atoms with Gasteiger partial charge in [-0.1, -0.05) is 6.07 Å². The lowest BCUT2D eigenvalue weighted by molar-refractivity contribution is -0.142. The van der Waals surface area contributed by atoms with E-state index in [2.05, 4.69) is 15.0 Å². The van der Waals surface area contributed by atoms with Crippen molar-refractivity contribution < 1.29 is 27.5 Å². The third-order valence-electron chi connectivity index (χ3n) is 6.97. The topological polar surface area (TPSA) is 71.5 Å². The van der Waals surface area contributed by atoms with E-state index in [0.29, 0.717) is 31.6 Å². The van der Waals surface area contributed by atoms with Crippen molar-refractivity contribution in [1.29, 1.82) is 0 Å². The van der Waals surface area contributed by atoms with E-state index in [0.717, 1.165) is 31.7 Å². The van der Waals surface area contributed by atoms with Crippen LogP contribution in [0.25, 0.3) is 0 Å². The number of carbonyl (C=O) groups is 2. The Morgan fingerprint density at radius 2 is 1.87 bits per heavy atom. The van der Waals surface area contributed by atoms with Crippen LogP contribution in [0.15, 0.2) is 18.2 Å². The number of amides is 2. The first kappa shape index (κ1) is 20.9. The molecule has 1 aromatic rings. The van der Waals surface area contributed by atoms with Crippen LogP contribution in [0, 0.1) is 11.3 Å². The number of hydrogen-bond acceptors (Lipinski definition) is 4. The van der Waals surface area contributed by atoms with E-state index < -0.39 is 18.0 Å². The molecule has 1 aromatic heterocycles. The number of piperidine rings is 1. The third kappa shape index (κ3) is 4.11. The van der Waals surface area contributed by atoms with Gasteiger partial charge in [-0.15, -0.1) is 0 Å². The molecule has 1 aliphatic heterocycles. The minimum Gasteiger partial charge on any atom is -0.453 e. The molecule has 2 amide bonds. The SMILES string of the molecule is COC(=O)NC1CC(C(=O)N2CCC3(CC2)CC(c2cccc(C(F)(F)F)n2)C3)C1. The van der Waals surface area contributed by atoms with E-state index in [1.165, 1.54) is 13.2 Å². The fraction of sp³-hybridized carbons (Fsp3) is 0.667. The highest BCUT2D eigenvalue weighted by molar-refractivity contribution is 5.80. The van der Waals surface area contributed by atoms with Crippen LogP contribution in [0.1, 0.15) is 55.8 Å². The van der Waals surface area contributed by atoms with Gasteiger partial charge in [0.1, 0.15) is 5.69 Å². The minimum atomic E-state index is -4.42. The maximum absolute atomic E-state index is 12.9. The number of carbonyl (C=O) groups excluding carboxylic acids is 2. The molecule has 2 heterocycles. The number of alkyl carbamates (subject to hydrolysis) is 1. The molecule has 6 nitrogen and oxygen atoms in total. The number of aromatic nitrogens is 1. The smallest absolute Gasteiger partial charge is 0.433 e. The second-order valence-electron chi connectivity index (χ2n) is 8.88. The number of pyridine rings is 1. The summed E-state index contributed by atoms with van der Waals surface area (Å²) in [6, 6.07) is 4.11. The molecule has 0 unspecified atom stereocenters. The summed E-state index contributed by atoms with van der Waals surface area (Å²) < 4.78 is 43.3. The van der Waals surface area contributed by atoms with Gasteiger partial charge in [0.05, 0.1) is 7.11 Å². The van der Waals surface area contributed by atoms with E-state index >= 15 is 0 Å². The predicted molar refractivity (Wildman–Crippen MR) is 102 cm³/mol. The number of rotatable bonds is 3. The molecule has 0 aromatic carbocycles. The Balaban J connectivity index is 1.24. The molecule has 9 heteroatoms. The lowest BCUT2D eigenvalue weighted by Gasteiger charge is -2.52. The second-order valence-corrected chi connectivity index (χ2v) is 8.88. The van der Waals surface area contributed by atoms with Crippen molar-refractivity contribution >= 4 is 12.0 Å². The van der Waals surface area contributed by atoms with Crippen molar-refractivity contribution in [3.8, 4) is 0 Å². The number of nitrogens with one attached hydrogen (secondary N) is 1. The number of halogens is 3. The largest absolute Gasteiger partial charge is 0.453 e. The Morgan fingerprint density at radius 1 is 1.20 bits per heavy atom. The van der Waals surface area contributed by atoms with Crippen LogP contribution in [0.4, 0.5) is 18.0 Å². The minimum absolute atomic E-state index is 0.00474. The van der Waals surface area contributed by atoms with Crippen molar-refractivity contribution in [3.05, 3.63) is 29.6 Å². The summed E-state index contributed by atoms with van der Waals surface area (Å²) in [6.45, 7) is 1.38. The zero-order valence-electron chi connectivity index (χ0n) is 16.9. The molecule has 3 aliphatic rings. The molecule has 0 radical (unpaired) electrons. The number of likely N-dealkylation sites (tertiary alicyclic amines) is 1. The van der Waals surface area contributed by atoms with Crippen LogP contribution in [-0.2, 0) is 15.7 Å². The fourth-order valence-corrected chi connectivity index (χ4v) is 5.06. The van der Waals surface area contributed by atoms with Gasteiger partial charge in [0.2, 0.25) is 5.91 Å². The zero-order valence-corrected chi connectivity index (χ0v) is 16.9. The van der Waals surface area contributed by atoms with Gasteiger partial charge in [0.25, 0.3) is 0 Å². The standard InChI is InChI=1S/C21H26F3N3O3/c1-30-19(29)25-15-9-13(10-15)18(28)27-7-5-20(6-8-27)11-14(12-20)16-3-2-4-17(26-16)21(22,23)24/h2-4,13-15H,5-12H2,1H3,(H,25,29). The number of ether oxygens (including phenoxy) is 1. The van der Waals surface area contributed by atoms with Crippen LogP contribution in [-0.4, -0.2) is 48.1 Å². The summed E-state index contributed by atoms with van der Waals surface area (Å²) in [6.07, 6.45) is -0.195. The summed E-state index contributed by atoms with van der Waals surface area (Å²) in [5, 5.41) is 2.71. The van der Waals surface area contributed by atoms with Gasteiger partial charge in [0, 0.05) is 36.7 Å². The number of nitrogens with zero attached hydrogens (tertiary/aromatic N) is 2. The molecule has 30 heavy (non-hydrogen) atoms. The quantitative estimate of drug-likeness (QED) is 0.801. The first-order valence-corrected chi connectivity index (χ1v) is 10.4. The zero-order chi connectivity index (χ0) is 21.5. The summed E-state index contributed by atoms with van der Waals surface area (Å²) in [7, 11) is 1.31. The summed E-state index contributed by atoms with van der Waals surface area (Å²) in [5.41, 5.74) is -0.194. The van der Waals surface area contributed by atoms with Crippen LogP contribution in [0.2, 0.25) is 0 Å². The lowest BCUT2D eigenvalue weighted by Crippen LogP contribution is -2.53. The van der Waals surface area contributed by atoms with Gasteiger partial charge in [0.15, 0.2) is 0 Å². The van der Waals surface area contributed by atoms with E-state index in [1.54, 1.807) is 6.07 Å². The maximum atomic E-state index is 12.9. The summed E-state index contributed by atoms with van der Waals surface area (Å²) in [4.78, 5) is 29.6. The van der Waals surface area contributed by atoms with Crippen LogP contribution in [0.3, 0.4) is 0 Å². The highest BCUT2D eigenvalue weighted by Crippen LogP contribution is 2.56. The Hall–Kier alpha value is -2.32. The predicted octanol–water partition coefficient (Wildman–Crippen LogP) is 3.72. The van der Waals surface area contributed by atoms with Crippen LogP contribution >= 0.6 is 0 Å². The van der Waals surface area contributed by atoms with Crippen molar-refractivity contribution in [2.45, 2.75) is 56.7 Å². The normalized spacial score (nSPS) is 25.9. The Kier molecular flexibility index (Phi) is 5.40. The Morgan fingerprint density at radius 3 is 2.47 bits per heavy atom. The first-order chi connectivity index (χ1) is 14.2. The monoisotopic (exact) mass is 425 g/mol. The van der Waals surface area contributed by atoms with Crippen molar-refractivity contribution in [3.63, 3.8) is 0 Å². The highest BCUT2D eigenvalue weighted by Gasteiger charge is 2.48. The van der Waals surface area contributed by atoms with Gasteiger partial charge in [-0.05, 0) is 56.1 Å². The van der Waals surface area contributed by atoms with E-state index in [-0.39, 0.29) is 29.2 Å². The van der Waals surface area contributed by atoms with Crippen molar-refractivity contribution in [2.75, 3.05) is 20.2 Å². The van der Waals surface area contributed by atoms with Crippen LogP contribution in [0.5, 0.6) is 0 Å². The number of methoxy groups -OCH3 is 1. The number of alkyl halides is 3. The molecular weight excluding hydrogens is 399 g/mol. The molecule has 4 rings (SSSR count). The third-order valence-corrected chi connectivity index (χ3v) is 6.97. The maximum Gasteiger partial charge on any atom is 0.433 e. The van der Waals surface area contributed by atoms with Gasteiger partial charge >= 0.3 is 12.3 Å². The molecule has 1 spiro atoms. The summed E-state index contributed by atoms with van der Waals surface area (Å²) >= 11 is 0. The number of hydrogen-bond donors (Lipinski definition) is 1. The average molecular weight is 425 g/mol. The fourth-order valence-electron chi connectivity index (χ4n) is 5.06. The van der Waals surface area contributed by atoms with E-state index in [1.807, 2.05) is 4.90 Å². The molecule has 2 aliphatic carbocycles. The van der Waals surface area contributed by atoms with Gasteiger partial charge < -0.3 is 15.0 Å². The second kappa shape index (κ2) is 7.74. The molecule has 1 N–H and O–H groups in total. The molecule has 0 atom stereocenters. The Labute approximate surface area is 173 Å². The van der Waals surface area contributed by atoms with Gasteiger partial charge in [-0.3, -0.25) is 4.79 Å². The lowest BCUT2D eigenvalue weighted by atomic mass is 9.56. The average Bonchev–Trinajstić information content (AvgIpc) is 2.67. The summed E-state index contributed by atoms with van der Waals surface area (Å²) in [5.74, 6) is 0.152. The molecular formula is C21H26F3N3O3. The van der Waals surface area contributed by atoms with Gasteiger partial charge in [-0.2, -0.15) is 13.2 Å². The first-order valence-electron chi connectivity index (χ1n) is 10.4. The van der Waals surface area contributed by atoms with Gasteiger partial charge in [-0.25, -0.2) is 9.78 Å². The highest BCUT2D eigenvalue weighted by atomic mass is 19.4. The molecule has 0 bridgehead atoms. The molecule has 2 saturated carbocycles. The molecule has 164 valence electrons. The van der Waals surface area contributed by atoms with Crippen molar-refractivity contribution in [1.82, 2.24) is 15.2 Å². The van der Waals surface area contributed by atoms with Crippen molar-refractivity contribution in [2.24, 2.45) is 11.3 Å². The molecule has 3 fully saturated rings. The molecule has 1 saturated heterocycles. The van der Waals surface area contributed by atoms with E-state index in [4.69, 9.17) is 0 Å². The Bertz CT molecular complexity index is 807.